The summed E-state index contributed by atoms with van der Waals surface area (Å²) in [5.41, 5.74) is 2.76. The molecule has 0 aliphatic carbocycles. The maximum atomic E-state index is 13.5. The van der Waals surface area contributed by atoms with Gasteiger partial charge in [0.25, 0.3) is 0 Å². The van der Waals surface area contributed by atoms with Gasteiger partial charge in [0.05, 0.1) is 0 Å². The molecule has 124 valence electrons. The number of guanidine groups is 1. The second-order valence-corrected chi connectivity index (χ2v) is 5.49. The molecule has 3 nitrogen and oxygen atoms in total. The highest BCUT2D eigenvalue weighted by Crippen LogP contribution is 2.25. The van der Waals surface area contributed by atoms with Gasteiger partial charge in [0, 0.05) is 23.8 Å². The number of hydrogen-bond donors (Lipinski definition) is 2. The minimum absolute atomic E-state index is 0. The third-order valence-electron chi connectivity index (χ3n) is 3.91. The molecular formula is C19H19ClFN3. The highest BCUT2D eigenvalue weighted by molar-refractivity contribution is 6.08. The molecule has 0 atom stereocenters. The van der Waals surface area contributed by atoms with Crippen molar-refractivity contribution in [3.05, 3.63) is 72.0 Å². The van der Waals surface area contributed by atoms with E-state index in [9.17, 15) is 4.39 Å². The summed E-state index contributed by atoms with van der Waals surface area (Å²) in [6.07, 6.45) is 0. The largest absolute Gasteiger partial charge is 0.326 e. The van der Waals surface area contributed by atoms with Crippen LogP contribution in [0.15, 0.2) is 60.7 Å². The number of benzene rings is 3. The molecule has 3 aromatic rings. The number of fused-ring (bicyclic) bond motifs is 1. The molecule has 5 heteroatoms. The van der Waals surface area contributed by atoms with Crippen LogP contribution in [-0.4, -0.2) is 13.0 Å². The summed E-state index contributed by atoms with van der Waals surface area (Å²) in [5, 5.41) is 13.1. The Balaban J connectivity index is 0.00000208. The van der Waals surface area contributed by atoms with Gasteiger partial charge in [0.1, 0.15) is 5.82 Å². The first-order valence-corrected chi connectivity index (χ1v) is 7.39. The van der Waals surface area contributed by atoms with Crippen LogP contribution in [0, 0.1) is 18.2 Å². The van der Waals surface area contributed by atoms with Gasteiger partial charge in [-0.2, -0.15) is 0 Å². The Bertz CT molecular complexity index is 879. The minimum atomic E-state index is -0.287. The van der Waals surface area contributed by atoms with Crippen molar-refractivity contribution in [1.82, 2.24) is 0 Å². The third kappa shape index (κ3) is 3.49. The van der Waals surface area contributed by atoms with E-state index in [4.69, 9.17) is 5.41 Å². The molecule has 0 fully saturated rings. The number of hydrogen-bond acceptors (Lipinski definition) is 1. The minimum Gasteiger partial charge on any atom is -0.326 e. The highest BCUT2D eigenvalue weighted by Gasteiger charge is 2.11. The van der Waals surface area contributed by atoms with Gasteiger partial charge >= 0.3 is 0 Å². The zero-order valence-corrected chi connectivity index (χ0v) is 14.3. The Morgan fingerprint density at radius 1 is 1.04 bits per heavy atom. The van der Waals surface area contributed by atoms with Crippen LogP contribution in [0.5, 0.6) is 0 Å². The number of aryl methyl sites for hydroxylation is 1. The topological polar surface area (TPSA) is 39.1 Å². The molecule has 0 unspecified atom stereocenters. The van der Waals surface area contributed by atoms with Crippen molar-refractivity contribution in [3.8, 4) is 0 Å². The first kappa shape index (κ1) is 17.8. The molecule has 0 aliphatic rings. The Kier molecular flexibility index (Phi) is 5.42. The van der Waals surface area contributed by atoms with Crippen LogP contribution in [0.25, 0.3) is 10.8 Å². The van der Waals surface area contributed by atoms with E-state index in [-0.39, 0.29) is 24.2 Å². The molecule has 2 N–H and O–H groups in total. The van der Waals surface area contributed by atoms with E-state index in [1.165, 1.54) is 12.1 Å². The van der Waals surface area contributed by atoms with Crippen LogP contribution in [0.1, 0.15) is 5.56 Å². The van der Waals surface area contributed by atoms with E-state index < -0.39 is 0 Å². The van der Waals surface area contributed by atoms with Crippen molar-refractivity contribution in [2.24, 2.45) is 0 Å². The maximum Gasteiger partial charge on any atom is 0.199 e. The lowest BCUT2D eigenvalue weighted by molar-refractivity contribution is 0.630. The van der Waals surface area contributed by atoms with Crippen molar-refractivity contribution in [1.29, 1.82) is 5.41 Å². The van der Waals surface area contributed by atoms with Crippen LogP contribution in [0.2, 0.25) is 0 Å². The van der Waals surface area contributed by atoms with E-state index in [2.05, 4.69) is 5.32 Å². The molecular weight excluding hydrogens is 325 g/mol. The fourth-order valence-corrected chi connectivity index (χ4v) is 2.63. The first-order chi connectivity index (χ1) is 11.1. The Hall–Kier alpha value is -2.59. The summed E-state index contributed by atoms with van der Waals surface area (Å²) in [6, 6.07) is 18.2. The van der Waals surface area contributed by atoms with Crippen molar-refractivity contribution in [2.75, 3.05) is 17.3 Å². The lowest BCUT2D eigenvalue weighted by atomic mass is 10.1. The summed E-state index contributed by atoms with van der Waals surface area (Å²) in [4.78, 5) is 1.77. The molecule has 0 saturated heterocycles. The molecule has 0 aliphatic heterocycles. The van der Waals surface area contributed by atoms with Crippen LogP contribution in [0.3, 0.4) is 0 Å². The molecule has 0 radical (unpaired) electrons. The molecule has 0 saturated carbocycles. The lowest BCUT2D eigenvalue weighted by Crippen LogP contribution is -2.32. The summed E-state index contributed by atoms with van der Waals surface area (Å²) in [7, 11) is 1.84. The number of nitrogens with one attached hydrogen (secondary N) is 2. The Labute approximate surface area is 147 Å². The second kappa shape index (κ2) is 7.32. The fraction of sp³-hybridized carbons (Fsp3) is 0.105. The SMILES string of the molecule is Cc1ccccc1N(C)C(=N)Nc1cccc2ccc(F)cc12.Cl. The lowest BCUT2D eigenvalue weighted by Gasteiger charge is -2.23. The Morgan fingerprint density at radius 2 is 1.79 bits per heavy atom. The summed E-state index contributed by atoms with van der Waals surface area (Å²) in [6.45, 7) is 2.01. The molecule has 3 rings (SSSR count). The van der Waals surface area contributed by atoms with Gasteiger partial charge in [0.2, 0.25) is 0 Å². The van der Waals surface area contributed by atoms with Crippen LogP contribution in [0.4, 0.5) is 15.8 Å². The molecule has 0 spiro atoms. The zero-order chi connectivity index (χ0) is 16.4. The highest BCUT2D eigenvalue weighted by atomic mass is 35.5. The number of anilines is 2. The van der Waals surface area contributed by atoms with Gasteiger partial charge in [0.15, 0.2) is 5.96 Å². The molecule has 0 heterocycles. The van der Waals surface area contributed by atoms with Gasteiger partial charge in [-0.25, -0.2) is 4.39 Å². The van der Waals surface area contributed by atoms with Gasteiger partial charge in [-0.05, 0) is 42.1 Å². The number of para-hydroxylation sites is 1. The third-order valence-corrected chi connectivity index (χ3v) is 3.91. The predicted octanol–water partition coefficient (Wildman–Crippen LogP) is 5.19. The molecule has 0 amide bonds. The van der Waals surface area contributed by atoms with Gasteiger partial charge in [-0.3, -0.25) is 5.41 Å². The standard InChI is InChI=1S/C19H18FN3.ClH/c1-13-6-3-4-9-18(13)23(2)19(21)22-17-8-5-7-14-10-11-15(20)12-16(14)17;/h3-12H,1-2H3,(H2,21,22);1H. The number of rotatable bonds is 2. The van der Waals surface area contributed by atoms with Crippen LogP contribution in [-0.2, 0) is 0 Å². The average molecular weight is 344 g/mol. The summed E-state index contributed by atoms with van der Waals surface area (Å²) in [5.74, 6) is -0.0541. The quantitative estimate of drug-likeness (QED) is 0.496. The first-order valence-electron chi connectivity index (χ1n) is 7.39. The van der Waals surface area contributed by atoms with E-state index in [1.807, 2.05) is 56.4 Å². The van der Waals surface area contributed by atoms with Crippen LogP contribution >= 0.6 is 12.4 Å². The average Bonchev–Trinajstić information content (AvgIpc) is 2.55. The normalized spacial score (nSPS) is 10.1. The van der Waals surface area contributed by atoms with Crippen molar-refractivity contribution >= 4 is 40.5 Å². The summed E-state index contributed by atoms with van der Waals surface area (Å²) >= 11 is 0. The van der Waals surface area contributed by atoms with Gasteiger partial charge in [-0.15, -0.1) is 12.4 Å². The fourth-order valence-electron chi connectivity index (χ4n) is 2.63. The van der Waals surface area contributed by atoms with Crippen molar-refractivity contribution in [2.45, 2.75) is 6.92 Å². The predicted molar refractivity (Wildman–Crippen MR) is 102 cm³/mol. The maximum absolute atomic E-state index is 13.5. The van der Waals surface area contributed by atoms with Crippen molar-refractivity contribution in [3.63, 3.8) is 0 Å². The monoisotopic (exact) mass is 343 g/mol. The molecule has 24 heavy (non-hydrogen) atoms. The smallest absolute Gasteiger partial charge is 0.199 e. The second-order valence-electron chi connectivity index (χ2n) is 5.49. The molecule has 0 bridgehead atoms. The zero-order valence-electron chi connectivity index (χ0n) is 13.5. The number of nitrogens with zero attached hydrogens (tertiary/aromatic N) is 1. The molecule has 3 aromatic carbocycles. The Morgan fingerprint density at radius 3 is 2.54 bits per heavy atom. The molecule has 0 aromatic heterocycles. The van der Waals surface area contributed by atoms with E-state index in [0.29, 0.717) is 5.69 Å². The summed E-state index contributed by atoms with van der Waals surface area (Å²) < 4.78 is 13.5. The van der Waals surface area contributed by atoms with Crippen molar-refractivity contribution < 1.29 is 4.39 Å². The van der Waals surface area contributed by atoms with Gasteiger partial charge in [-0.1, -0.05) is 36.4 Å². The van der Waals surface area contributed by atoms with Gasteiger partial charge < -0.3 is 10.2 Å². The van der Waals surface area contributed by atoms with E-state index >= 15 is 0 Å². The number of halogens is 2. The van der Waals surface area contributed by atoms with Crippen LogP contribution < -0.4 is 10.2 Å². The van der Waals surface area contributed by atoms with E-state index in [0.717, 1.165) is 22.0 Å². The van der Waals surface area contributed by atoms with E-state index in [1.54, 1.807) is 11.0 Å².